The molecule has 1 aromatic rings. The van der Waals surface area contributed by atoms with Crippen LogP contribution in [0.15, 0.2) is 24.3 Å². The summed E-state index contributed by atoms with van der Waals surface area (Å²) in [7, 11) is 0. The van der Waals surface area contributed by atoms with Gasteiger partial charge in [-0.1, -0.05) is 19.1 Å². The highest BCUT2D eigenvalue weighted by atomic mass is 16.5. The van der Waals surface area contributed by atoms with E-state index in [4.69, 9.17) is 9.84 Å². The molecule has 22 heavy (non-hydrogen) atoms. The number of amides is 2. The van der Waals surface area contributed by atoms with E-state index in [9.17, 15) is 14.4 Å². The number of hydrogen-bond donors (Lipinski definition) is 3. The van der Waals surface area contributed by atoms with Gasteiger partial charge in [-0.3, -0.25) is 25.2 Å². The summed E-state index contributed by atoms with van der Waals surface area (Å²) in [5, 5.41) is 8.44. The molecule has 0 saturated heterocycles. The average molecular weight is 308 g/mol. The second kappa shape index (κ2) is 9.38. The molecule has 0 unspecified atom stereocenters. The van der Waals surface area contributed by atoms with Gasteiger partial charge in [0.25, 0.3) is 5.91 Å². The molecule has 7 heteroatoms. The van der Waals surface area contributed by atoms with Crippen LogP contribution in [0.25, 0.3) is 0 Å². The Morgan fingerprint density at radius 3 is 2.27 bits per heavy atom. The second-order valence-electron chi connectivity index (χ2n) is 4.63. The lowest BCUT2D eigenvalue weighted by molar-refractivity contribution is -0.137. The van der Waals surface area contributed by atoms with Gasteiger partial charge < -0.3 is 9.84 Å². The first-order valence-corrected chi connectivity index (χ1v) is 7.02. The van der Waals surface area contributed by atoms with Crippen LogP contribution in [0.4, 0.5) is 0 Å². The fraction of sp³-hybridized carbons (Fsp3) is 0.400. The third kappa shape index (κ3) is 7.28. The van der Waals surface area contributed by atoms with Gasteiger partial charge in [-0.15, -0.1) is 0 Å². The molecule has 1 rings (SSSR count). The third-order valence-corrected chi connectivity index (χ3v) is 2.84. The number of rotatable bonds is 8. The number of hydrogen-bond acceptors (Lipinski definition) is 4. The van der Waals surface area contributed by atoms with Gasteiger partial charge in [0.05, 0.1) is 0 Å². The Labute approximate surface area is 128 Å². The minimum Gasteiger partial charge on any atom is -0.484 e. The van der Waals surface area contributed by atoms with Gasteiger partial charge in [-0.05, 0) is 30.5 Å². The van der Waals surface area contributed by atoms with E-state index in [1.54, 1.807) is 12.1 Å². The van der Waals surface area contributed by atoms with E-state index in [1.165, 1.54) is 5.56 Å². The summed E-state index contributed by atoms with van der Waals surface area (Å²) < 4.78 is 5.27. The van der Waals surface area contributed by atoms with Gasteiger partial charge >= 0.3 is 5.97 Å². The van der Waals surface area contributed by atoms with Crippen LogP contribution in [0.3, 0.4) is 0 Å². The van der Waals surface area contributed by atoms with E-state index in [2.05, 4.69) is 10.9 Å². The number of benzene rings is 1. The lowest BCUT2D eigenvalue weighted by atomic mass is 10.2. The van der Waals surface area contributed by atoms with Gasteiger partial charge in [0.1, 0.15) is 5.75 Å². The average Bonchev–Trinajstić information content (AvgIpc) is 2.51. The molecule has 0 fully saturated rings. The second-order valence-corrected chi connectivity index (χ2v) is 4.63. The van der Waals surface area contributed by atoms with Gasteiger partial charge in [0.15, 0.2) is 6.61 Å². The Kier molecular flexibility index (Phi) is 7.45. The smallest absolute Gasteiger partial charge is 0.303 e. The number of carbonyl (C=O) groups is 3. The molecule has 3 N–H and O–H groups in total. The highest BCUT2D eigenvalue weighted by molar-refractivity contribution is 5.82. The van der Waals surface area contributed by atoms with Crippen LogP contribution in [0.2, 0.25) is 0 Å². The zero-order chi connectivity index (χ0) is 16.4. The van der Waals surface area contributed by atoms with Gasteiger partial charge in [0.2, 0.25) is 5.91 Å². The molecule has 2 amide bonds. The molecule has 0 spiro atoms. The van der Waals surface area contributed by atoms with E-state index >= 15 is 0 Å². The Hall–Kier alpha value is -2.57. The van der Waals surface area contributed by atoms with E-state index in [0.717, 1.165) is 6.42 Å². The summed E-state index contributed by atoms with van der Waals surface area (Å²) in [5.74, 6) is -1.33. The summed E-state index contributed by atoms with van der Waals surface area (Å²) in [6.07, 6.45) is 1.09. The fourth-order valence-electron chi connectivity index (χ4n) is 1.61. The lowest BCUT2D eigenvalue weighted by Gasteiger charge is -2.09. The molecule has 0 aliphatic rings. The van der Waals surface area contributed by atoms with Crippen molar-refractivity contribution in [2.45, 2.75) is 32.6 Å². The first-order chi connectivity index (χ1) is 10.5. The Morgan fingerprint density at radius 2 is 1.68 bits per heavy atom. The van der Waals surface area contributed by atoms with E-state index < -0.39 is 17.8 Å². The largest absolute Gasteiger partial charge is 0.484 e. The first kappa shape index (κ1) is 17.5. The van der Waals surface area contributed by atoms with Crippen molar-refractivity contribution in [1.82, 2.24) is 10.9 Å². The van der Waals surface area contributed by atoms with Crippen LogP contribution >= 0.6 is 0 Å². The normalized spacial score (nSPS) is 9.86. The number of carbonyl (C=O) groups excluding carboxylic acids is 2. The standard InChI is InChI=1S/C15H20N2O5/c1-2-11-6-8-12(9-7-11)22-10-14(19)17-16-13(18)4-3-5-15(20)21/h6-9H,2-5,10H2,1H3,(H,16,18)(H,17,19)(H,20,21). The molecule has 0 aliphatic carbocycles. The van der Waals surface area contributed by atoms with Crippen LogP contribution in [0, 0.1) is 0 Å². The van der Waals surface area contributed by atoms with Gasteiger partial charge in [-0.25, -0.2) is 0 Å². The zero-order valence-electron chi connectivity index (χ0n) is 12.4. The number of nitrogens with one attached hydrogen (secondary N) is 2. The van der Waals surface area contributed by atoms with Crippen molar-refractivity contribution in [3.63, 3.8) is 0 Å². The molecule has 0 aliphatic heterocycles. The summed E-state index contributed by atoms with van der Waals surface area (Å²) in [6, 6.07) is 7.38. The monoisotopic (exact) mass is 308 g/mol. The molecule has 0 bridgehead atoms. The van der Waals surface area contributed by atoms with Crippen molar-refractivity contribution < 1.29 is 24.2 Å². The van der Waals surface area contributed by atoms with Crippen LogP contribution < -0.4 is 15.6 Å². The number of aryl methyl sites for hydroxylation is 1. The number of aliphatic carboxylic acids is 1. The number of carboxylic acids is 1. The lowest BCUT2D eigenvalue weighted by Crippen LogP contribution is -2.43. The predicted molar refractivity (Wildman–Crippen MR) is 79.1 cm³/mol. The van der Waals surface area contributed by atoms with Crippen molar-refractivity contribution in [3.8, 4) is 5.75 Å². The Bertz CT molecular complexity index is 513. The summed E-state index contributed by atoms with van der Waals surface area (Å²) in [5.41, 5.74) is 5.57. The predicted octanol–water partition coefficient (Wildman–Crippen LogP) is 1.03. The maximum absolute atomic E-state index is 11.5. The highest BCUT2D eigenvalue weighted by Gasteiger charge is 2.06. The van der Waals surface area contributed by atoms with Crippen LogP contribution in [0.5, 0.6) is 5.75 Å². The van der Waals surface area contributed by atoms with E-state index in [0.29, 0.717) is 5.75 Å². The van der Waals surface area contributed by atoms with Crippen LogP contribution in [0.1, 0.15) is 31.7 Å². The molecular weight excluding hydrogens is 288 g/mol. The third-order valence-electron chi connectivity index (χ3n) is 2.84. The SMILES string of the molecule is CCc1ccc(OCC(=O)NNC(=O)CCCC(=O)O)cc1. The number of ether oxygens (including phenoxy) is 1. The summed E-state index contributed by atoms with van der Waals surface area (Å²) in [4.78, 5) is 33.1. The highest BCUT2D eigenvalue weighted by Crippen LogP contribution is 2.12. The van der Waals surface area contributed by atoms with Gasteiger partial charge in [-0.2, -0.15) is 0 Å². The van der Waals surface area contributed by atoms with Crippen LogP contribution in [-0.4, -0.2) is 29.5 Å². The Balaban J connectivity index is 2.19. The quantitative estimate of drug-likeness (QED) is 0.622. The van der Waals surface area contributed by atoms with Crippen LogP contribution in [-0.2, 0) is 20.8 Å². The Morgan fingerprint density at radius 1 is 1.05 bits per heavy atom. The fourth-order valence-corrected chi connectivity index (χ4v) is 1.61. The zero-order valence-corrected chi connectivity index (χ0v) is 12.4. The van der Waals surface area contributed by atoms with E-state index in [-0.39, 0.29) is 25.9 Å². The van der Waals surface area contributed by atoms with E-state index in [1.807, 2.05) is 19.1 Å². The van der Waals surface area contributed by atoms with Crippen molar-refractivity contribution in [2.75, 3.05) is 6.61 Å². The summed E-state index contributed by atoms with van der Waals surface area (Å²) in [6.45, 7) is 1.82. The molecule has 1 aromatic carbocycles. The van der Waals surface area contributed by atoms with Gasteiger partial charge in [0, 0.05) is 12.8 Å². The maximum Gasteiger partial charge on any atom is 0.303 e. The molecule has 120 valence electrons. The topological polar surface area (TPSA) is 105 Å². The number of carboxylic acid groups (broad SMARTS) is 1. The molecule has 0 atom stereocenters. The minimum absolute atomic E-state index is 0.0336. The molecule has 7 nitrogen and oxygen atoms in total. The van der Waals surface area contributed by atoms with Crippen molar-refractivity contribution in [2.24, 2.45) is 0 Å². The summed E-state index contributed by atoms with van der Waals surface area (Å²) >= 11 is 0. The van der Waals surface area contributed by atoms with Crippen molar-refractivity contribution in [3.05, 3.63) is 29.8 Å². The van der Waals surface area contributed by atoms with Crippen molar-refractivity contribution >= 4 is 17.8 Å². The first-order valence-electron chi connectivity index (χ1n) is 7.02. The molecule has 0 heterocycles. The minimum atomic E-state index is -0.959. The molecule has 0 radical (unpaired) electrons. The number of hydrazine groups is 1. The molecule has 0 aromatic heterocycles. The molecule has 0 saturated carbocycles. The maximum atomic E-state index is 11.5. The molecular formula is C15H20N2O5. The van der Waals surface area contributed by atoms with Crippen molar-refractivity contribution in [1.29, 1.82) is 0 Å².